The lowest BCUT2D eigenvalue weighted by Gasteiger charge is -2.09. The van der Waals surface area contributed by atoms with Crippen molar-refractivity contribution in [2.75, 3.05) is 6.79 Å². The third kappa shape index (κ3) is 4.50. The van der Waals surface area contributed by atoms with E-state index in [0.29, 0.717) is 22.8 Å². The molecule has 0 fully saturated rings. The topological polar surface area (TPSA) is 104 Å². The van der Waals surface area contributed by atoms with Gasteiger partial charge in [-0.25, -0.2) is 17.9 Å². The largest absolute Gasteiger partial charge is 0.468 e. The van der Waals surface area contributed by atoms with Crippen LogP contribution in [0.2, 0.25) is 0 Å². The molecule has 0 saturated heterocycles. The molecule has 0 spiro atoms. The zero-order valence-electron chi connectivity index (χ0n) is 15.5. The van der Waals surface area contributed by atoms with Crippen LogP contribution in [-0.4, -0.2) is 21.2 Å². The number of carbonyl (C=O) groups excluding carboxylic acids is 1. The summed E-state index contributed by atoms with van der Waals surface area (Å²) in [6.45, 7) is 0.195. The minimum absolute atomic E-state index is 0.0147. The number of esters is 1. The van der Waals surface area contributed by atoms with Gasteiger partial charge in [0.05, 0.1) is 23.3 Å². The van der Waals surface area contributed by atoms with Crippen LogP contribution >= 0.6 is 15.9 Å². The summed E-state index contributed by atoms with van der Waals surface area (Å²) in [5.41, 5.74) is 0.950. The van der Waals surface area contributed by atoms with E-state index >= 15 is 0 Å². The van der Waals surface area contributed by atoms with Crippen LogP contribution < -0.4 is 14.2 Å². The van der Waals surface area contributed by atoms with Gasteiger partial charge in [-0.3, -0.25) is 0 Å². The van der Waals surface area contributed by atoms with Gasteiger partial charge < -0.3 is 18.6 Å². The molecule has 1 N–H and O–H groups in total. The minimum atomic E-state index is -3.74. The zero-order chi connectivity index (χ0) is 21.1. The molecule has 0 aliphatic carbocycles. The van der Waals surface area contributed by atoms with Crippen LogP contribution in [0.5, 0.6) is 11.5 Å². The van der Waals surface area contributed by atoms with E-state index in [9.17, 15) is 13.2 Å². The van der Waals surface area contributed by atoms with Crippen molar-refractivity contribution in [2.45, 2.75) is 18.0 Å². The van der Waals surface area contributed by atoms with Crippen molar-refractivity contribution in [3.05, 3.63) is 76.2 Å². The molecule has 0 unspecified atom stereocenters. The maximum Gasteiger partial charge on any atom is 0.338 e. The second-order valence-corrected chi connectivity index (χ2v) is 8.92. The molecule has 0 atom stereocenters. The van der Waals surface area contributed by atoms with Crippen molar-refractivity contribution in [1.82, 2.24) is 4.72 Å². The molecule has 1 aliphatic rings. The van der Waals surface area contributed by atoms with Crippen molar-refractivity contribution < 1.29 is 31.8 Å². The predicted molar refractivity (Wildman–Crippen MR) is 109 cm³/mol. The molecular formula is C20H16BrNO7S. The molecular weight excluding hydrogens is 478 g/mol. The fourth-order valence-corrected chi connectivity index (χ4v) is 4.16. The Morgan fingerprint density at radius 1 is 1.10 bits per heavy atom. The molecule has 1 aliphatic heterocycles. The van der Waals surface area contributed by atoms with Gasteiger partial charge in [0.25, 0.3) is 0 Å². The van der Waals surface area contributed by atoms with E-state index in [1.54, 1.807) is 24.3 Å². The van der Waals surface area contributed by atoms with E-state index in [0.717, 1.165) is 4.47 Å². The molecule has 0 saturated carbocycles. The summed E-state index contributed by atoms with van der Waals surface area (Å²) in [7, 11) is -3.74. The Bertz CT molecular complexity index is 1160. The molecule has 8 nitrogen and oxygen atoms in total. The fraction of sp³-hybridized carbons (Fsp3) is 0.150. The van der Waals surface area contributed by atoms with Gasteiger partial charge in [-0.2, -0.15) is 0 Å². The highest BCUT2D eigenvalue weighted by molar-refractivity contribution is 9.10. The Morgan fingerprint density at radius 2 is 1.83 bits per heavy atom. The van der Waals surface area contributed by atoms with Crippen molar-refractivity contribution >= 4 is 31.9 Å². The zero-order valence-corrected chi connectivity index (χ0v) is 17.9. The van der Waals surface area contributed by atoms with E-state index in [2.05, 4.69) is 20.7 Å². The average Bonchev–Trinajstić information content (AvgIpc) is 3.42. The lowest BCUT2D eigenvalue weighted by atomic mass is 10.2. The van der Waals surface area contributed by atoms with Crippen LogP contribution in [-0.2, 0) is 27.9 Å². The van der Waals surface area contributed by atoms with Crippen LogP contribution in [0.1, 0.15) is 21.7 Å². The minimum Gasteiger partial charge on any atom is -0.468 e. The Kier molecular flexibility index (Phi) is 5.80. The van der Waals surface area contributed by atoms with Crippen LogP contribution in [0.15, 0.2) is 68.6 Å². The molecule has 2 aromatic carbocycles. The molecule has 0 bridgehead atoms. The van der Waals surface area contributed by atoms with Gasteiger partial charge >= 0.3 is 5.97 Å². The highest BCUT2D eigenvalue weighted by atomic mass is 79.9. The maximum atomic E-state index is 12.4. The molecule has 3 aromatic rings. The van der Waals surface area contributed by atoms with Crippen molar-refractivity contribution in [3.63, 3.8) is 0 Å². The molecule has 1 aromatic heterocycles. The smallest absolute Gasteiger partial charge is 0.338 e. The van der Waals surface area contributed by atoms with Gasteiger partial charge in [-0.05, 0) is 48.5 Å². The number of sulfonamides is 1. The molecule has 0 radical (unpaired) electrons. The van der Waals surface area contributed by atoms with Gasteiger partial charge in [0.15, 0.2) is 11.5 Å². The van der Waals surface area contributed by atoms with Gasteiger partial charge in [0.1, 0.15) is 12.4 Å². The summed E-state index contributed by atoms with van der Waals surface area (Å²) < 4.78 is 48.9. The molecule has 156 valence electrons. The Hall–Kier alpha value is -2.82. The summed E-state index contributed by atoms with van der Waals surface area (Å²) in [6.07, 6.45) is 1.46. The third-order valence-electron chi connectivity index (χ3n) is 4.32. The van der Waals surface area contributed by atoms with E-state index < -0.39 is 16.0 Å². The van der Waals surface area contributed by atoms with E-state index in [1.807, 2.05) is 0 Å². The van der Waals surface area contributed by atoms with Crippen molar-refractivity contribution in [2.24, 2.45) is 0 Å². The Balaban J connectivity index is 1.38. The fourth-order valence-electron chi connectivity index (χ4n) is 2.73. The molecule has 30 heavy (non-hydrogen) atoms. The number of hydrogen-bond acceptors (Lipinski definition) is 7. The van der Waals surface area contributed by atoms with Gasteiger partial charge in [-0.15, -0.1) is 0 Å². The summed E-state index contributed by atoms with van der Waals surface area (Å²) in [5.74, 6) is 1.12. The molecule has 0 amide bonds. The van der Waals surface area contributed by atoms with E-state index in [-0.39, 0.29) is 30.4 Å². The normalized spacial score (nSPS) is 12.7. The van der Waals surface area contributed by atoms with Gasteiger partial charge in [0, 0.05) is 10.0 Å². The van der Waals surface area contributed by atoms with Gasteiger partial charge in [0.2, 0.25) is 16.8 Å². The summed E-state index contributed by atoms with van der Waals surface area (Å²) in [5, 5.41) is 0. The van der Waals surface area contributed by atoms with Crippen molar-refractivity contribution in [1.29, 1.82) is 0 Å². The maximum absolute atomic E-state index is 12.4. The molecule has 2 heterocycles. The van der Waals surface area contributed by atoms with Crippen LogP contribution in [0.25, 0.3) is 0 Å². The first-order valence-corrected chi connectivity index (χ1v) is 11.1. The number of fused-ring (bicyclic) bond motifs is 1. The standard InChI is InChI=1S/C20H16BrNO7S/c21-17-9-19-18(28-12-29-19)8-14(17)11-27-20(23)13-3-5-16(6-4-13)30(24,25)22-10-15-2-1-7-26-15/h1-9,22H,10-12H2. The lowest BCUT2D eigenvalue weighted by Crippen LogP contribution is -2.23. The SMILES string of the molecule is O=C(OCc1cc2c(cc1Br)OCO2)c1ccc(S(=O)(=O)NCc2ccco2)cc1. The number of furan rings is 1. The van der Waals surface area contributed by atoms with Crippen molar-refractivity contribution in [3.8, 4) is 11.5 Å². The average molecular weight is 494 g/mol. The first-order chi connectivity index (χ1) is 14.4. The molecule has 10 heteroatoms. The second-order valence-electron chi connectivity index (χ2n) is 6.30. The lowest BCUT2D eigenvalue weighted by molar-refractivity contribution is 0.0471. The second kappa shape index (κ2) is 8.50. The summed E-state index contributed by atoms with van der Waals surface area (Å²) in [4.78, 5) is 12.4. The first-order valence-electron chi connectivity index (χ1n) is 8.79. The summed E-state index contributed by atoms with van der Waals surface area (Å²) >= 11 is 3.41. The van der Waals surface area contributed by atoms with Gasteiger partial charge in [-0.1, -0.05) is 15.9 Å². The van der Waals surface area contributed by atoms with E-state index in [1.165, 1.54) is 30.5 Å². The predicted octanol–water partition coefficient (Wildman–Crippen LogP) is 3.61. The highest BCUT2D eigenvalue weighted by Gasteiger charge is 2.18. The van der Waals surface area contributed by atoms with Crippen LogP contribution in [0.4, 0.5) is 0 Å². The van der Waals surface area contributed by atoms with E-state index in [4.69, 9.17) is 18.6 Å². The number of halogens is 1. The third-order valence-corrected chi connectivity index (χ3v) is 6.47. The number of ether oxygens (including phenoxy) is 3. The molecule has 4 rings (SSSR count). The number of nitrogens with one attached hydrogen (secondary N) is 1. The Labute approximate surface area is 180 Å². The van der Waals surface area contributed by atoms with Crippen LogP contribution in [0.3, 0.4) is 0 Å². The first kappa shape index (κ1) is 20.5. The quantitative estimate of drug-likeness (QED) is 0.501. The Morgan fingerprint density at radius 3 is 2.53 bits per heavy atom. The monoisotopic (exact) mass is 493 g/mol. The highest BCUT2D eigenvalue weighted by Crippen LogP contribution is 2.37. The van der Waals surface area contributed by atoms with Crippen LogP contribution in [0, 0.1) is 0 Å². The number of hydrogen-bond donors (Lipinski definition) is 1. The summed E-state index contributed by atoms with van der Waals surface area (Å²) in [6, 6.07) is 12.3. The number of rotatable bonds is 7. The number of carbonyl (C=O) groups is 1. The number of benzene rings is 2.